The van der Waals surface area contributed by atoms with E-state index in [1.165, 1.54) is 25.6 Å². The number of carbonyl (C=O) groups excluding carboxylic acids is 1. The second kappa shape index (κ2) is 15.9. The molecule has 2 fully saturated rings. The van der Waals surface area contributed by atoms with E-state index in [0.717, 1.165) is 73.4 Å². The number of hydrogen-bond donors (Lipinski definition) is 0. The first kappa shape index (κ1) is 35.7. The number of para-hydroxylation sites is 1. The predicted octanol–water partition coefficient (Wildman–Crippen LogP) is 6.74. The molecule has 3 heterocycles. The van der Waals surface area contributed by atoms with Crippen LogP contribution in [0.4, 0.5) is 4.39 Å². The Morgan fingerprint density at radius 2 is 1.75 bits per heavy atom. The number of halogens is 2. The van der Waals surface area contributed by atoms with E-state index in [0.29, 0.717) is 46.7 Å². The minimum Gasteiger partial charge on any atom is -0.493 e. The Morgan fingerprint density at radius 1 is 0.981 bits per heavy atom. The molecule has 10 nitrogen and oxygen atoms in total. The van der Waals surface area contributed by atoms with E-state index < -0.39 is 12.1 Å². The number of aromatic nitrogens is 3. The van der Waals surface area contributed by atoms with E-state index in [4.69, 9.17) is 30.5 Å². The zero-order valence-electron chi connectivity index (χ0n) is 29.7. The molecule has 0 spiro atoms. The van der Waals surface area contributed by atoms with Crippen LogP contribution >= 0.6 is 11.6 Å². The quantitative estimate of drug-likeness (QED) is 0.115. The van der Waals surface area contributed by atoms with Crippen LogP contribution in [0.1, 0.15) is 24.0 Å². The van der Waals surface area contributed by atoms with Gasteiger partial charge in [-0.15, -0.1) is 0 Å². The standard InChI is InChI=1S/C40H43ClFN5O5/c1-26-31(14-15-34(37(26)41)50-21-20-46-18-16-45(2)17-19-46)36-32(28-10-12-30(42)13-11-28)23-47-38(36)39(43-25-44-47)52-35(40(48)49-3)22-29-6-4-5-7-33(29)51-24-27-8-9-27/h4-7,10-15,23,25,27,35H,8-9,16-22,24H2,1-3H3/t35-/m0/s1. The van der Waals surface area contributed by atoms with Crippen molar-refractivity contribution in [2.45, 2.75) is 32.3 Å². The lowest BCUT2D eigenvalue weighted by Crippen LogP contribution is -2.45. The summed E-state index contributed by atoms with van der Waals surface area (Å²) in [5, 5.41) is 5.00. The average molecular weight is 728 g/mol. The number of benzene rings is 3. The number of carbonyl (C=O) groups is 1. The van der Waals surface area contributed by atoms with Crippen LogP contribution in [0, 0.1) is 18.7 Å². The number of fused-ring (bicyclic) bond motifs is 1. The van der Waals surface area contributed by atoms with Crippen molar-refractivity contribution < 1.29 is 28.1 Å². The van der Waals surface area contributed by atoms with E-state index in [1.807, 2.05) is 49.5 Å². The summed E-state index contributed by atoms with van der Waals surface area (Å²) >= 11 is 7.03. The molecule has 0 amide bonds. The molecule has 52 heavy (non-hydrogen) atoms. The monoisotopic (exact) mass is 727 g/mol. The van der Waals surface area contributed by atoms with Gasteiger partial charge in [-0.25, -0.2) is 13.7 Å². The van der Waals surface area contributed by atoms with Crippen molar-refractivity contribution in [2.24, 2.45) is 5.92 Å². The highest BCUT2D eigenvalue weighted by Gasteiger charge is 2.29. The number of piperazine rings is 1. The third-order valence-electron chi connectivity index (χ3n) is 9.84. The normalized spacial score (nSPS) is 15.8. The van der Waals surface area contributed by atoms with Gasteiger partial charge in [0, 0.05) is 56.5 Å². The number of nitrogens with zero attached hydrogens (tertiary/aromatic N) is 5. The van der Waals surface area contributed by atoms with Gasteiger partial charge in [-0.3, -0.25) is 4.90 Å². The second-order valence-corrected chi connectivity index (χ2v) is 13.9. The minimum atomic E-state index is -1.05. The molecule has 3 aromatic carbocycles. The van der Waals surface area contributed by atoms with Gasteiger partial charge in [0.1, 0.15) is 35.8 Å². The number of esters is 1. The molecule has 1 saturated heterocycles. The molecule has 12 heteroatoms. The summed E-state index contributed by atoms with van der Waals surface area (Å²) in [7, 11) is 3.47. The molecule has 272 valence electrons. The number of methoxy groups -OCH3 is 1. The lowest BCUT2D eigenvalue weighted by Gasteiger charge is -2.32. The first-order valence-electron chi connectivity index (χ1n) is 17.7. The van der Waals surface area contributed by atoms with Crippen LogP contribution in [-0.2, 0) is 16.0 Å². The Kier molecular flexibility index (Phi) is 10.9. The van der Waals surface area contributed by atoms with Crippen molar-refractivity contribution in [3.63, 3.8) is 0 Å². The Balaban J connectivity index is 1.24. The topological polar surface area (TPSA) is 90.7 Å². The van der Waals surface area contributed by atoms with Crippen molar-refractivity contribution in [1.29, 1.82) is 0 Å². The summed E-state index contributed by atoms with van der Waals surface area (Å²) in [5.74, 6) is 1.13. The Hall–Kier alpha value is -4.71. The van der Waals surface area contributed by atoms with E-state index in [2.05, 4.69) is 26.9 Å². The first-order chi connectivity index (χ1) is 25.3. The highest BCUT2D eigenvalue weighted by Crippen LogP contribution is 2.44. The van der Waals surface area contributed by atoms with Gasteiger partial charge in [0.25, 0.3) is 0 Å². The lowest BCUT2D eigenvalue weighted by atomic mass is 9.94. The molecular formula is C40H43ClFN5O5. The molecule has 1 atom stereocenters. The van der Waals surface area contributed by atoms with Crippen LogP contribution < -0.4 is 14.2 Å². The zero-order chi connectivity index (χ0) is 36.2. The summed E-state index contributed by atoms with van der Waals surface area (Å²) in [6.45, 7) is 7.96. The van der Waals surface area contributed by atoms with Gasteiger partial charge >= 0.3 is 5.97 Å². The van der Waals surface area contributed by atoms with Gasteiger partial charge in [0.2, 0.25) is 12.0 Å². The molecule has 2 aliphatic rings. The summed E-state index contributed by atoms with van der Waals surface area (Å²) < 4.78 is 39.8. The van der Waals surface area contributed by atoms with Crippen LogP contribution in [-0.4, -0.2) is 96.6 Å². The van der Waals surface area contributed by atoms with E-state index in [1.54, 1.807) is 16.6 Å². The Morgan fingerprint density at radius 3 is 2.50 bits per heavy atom. The molecule has 0 radical (unpaired) electrons. The molecular weight excluding hydrogens is 685 g/mol. The lowest BCUT2D eigenvalue weighted by molar-refractivity contribution is -0.148. The maximum absolute atomic E-state index is 14.1. The van der Waals surface area contributed by atoms with Crippen LogP contribution in [0.3, 0.4) is 0 Å². The Labute approximate surface area is 308 Å². The molecule has 0 N–H and O–H groups in total. The minimum absolute atomic E-state index is 0.174. The van der Waals surface area contributed by atoms with Crippen molar-refractivity contribution in [3.05, 3.63) is 95.2 Å². The number of hydrogen-bond acceptors (Lipinski definition) is 9. The Bertz CT molecular complexity index is 2030. The van der Waals surface area contributed by atoms with Gasteiger partial charge in [-0.2, -0.15) is 10.1 Å². The molecule has 0 bridgehead atoms. The molecule has 5 aromatic rings. The van der Waals surface area contributed by atoms with Crippen molar-refractivity contribution >= 4 is 23.1 Å². The summed E-state index contributed by atoms with van der Waals surface area (Å²) in [6, 6.07) is 17.7. The van der Waals surface area contributed by atoms with Gasteiger partial charge in [0.05, 0.1) is 18.7 Å². The van der Waals surface area contributed by atoms with Crippen molar-refractivity contribution in [1.82, 2.24) is 24.4 Å². The third-order valence-corrected chi connectivity index (χ3v) is 10.3. The summed E-state index contributed by atoms with van der Waals surface area (Å²) in [6.07, 6.45) is 4.68. The van der Waals surface area contributed by atoms with Crippen LogP contribution in [0.2, 0.25) is 5.02 Å². The van der Waals surface area contributed by atoms with E-state index >= 15 is 0 Å². The molecule has 0 unspecified atom stereocenters. The summed E-state index contributed by atoms with van der Waals surface area (Å²) in [5.41, 5.74) is 5.10. The van der Waals surface area contributed by atoms with Gasteiger partial charge < -0.3 is 23.8 Å². The van der Waals surface area contributed by atoms with Gasteiger partial charge in [-0.05, 0) is 79.3 Å². The van der Waals surface area contributed by atoms with Gasteiger partial charge in [-0.1, -0.05) is 48.0 Å². The SMILES string of the molecule is COC(=O)[C@H](Cc1ccccc1OCC1CC1)Oc1ncnn2cc(-c3ccc(F)cc3)c(-c3ccc(OCCN4CCN(C)CC4)c(Cl)c3C)c12. The fourth-order valence-electron chi connectivity index (χ4n) is 6.53. The highest BCUT2D eigenvalue weighted by atomic mass is 35.5. The number of likely N-dealkylation sites (N-methyl/N-ethyl adjacent to an activating group) is 1. The predicted molar refractivity (Wildman–Crippen MR) is 198 cm³/mol. The summed E-state index contributed by atoms with van der Waals surface area (Å²) in [4.78, 5) is 22.5. The van der Waals surface area contributed by atoms with E-state index in [9.17, 15) is 9.18 Å². The van der Waals surface area contributed by atoms with Crippen LogP contribution in [0.15, 0.2) is 73.2 Å². The smallest absolute Gasteiger partial charge is 0.347 e. The maximum atomic E-state index is 14.1. The highest BCUT2D eigenvalue weighted by molar-refractivity contribution is 6.33. The first-order valence-corrected chi connectivity index (χ1v) is 18.1. The molecule has 1 aliphatic heterocycles. The van der Waals surface area contributed by atoms with Crippen molar-refractivity contribution in [2.75, 3.05) is 60.1 Å². The zero-order valence-corrected chi connectivity index (χ0v) is 30.4. The van der Waals surface area contributed by atoms with Crippen molar-refractivity contribution in [3.8, 4) is 39.6 Å². The molecule has 1 saturated carbocycles. The fraction of sp³-hybridized carbons (Fsp3) is 0.375. The fourth-order valence-corrected chi connectivity index (χ4v) is 6.75. The van der Waals surface area contributed by atoms with Crippen LogP contribution in [0.25, 0.3) is 27.8 Å². The molecule has 1 aliphatic carbocycles. The van der Waals surface area contributed by atoms with Crippen LogP contribution in [0.5, 0.6) is 17.4 Å². The number of rotatable bonds is 14. The third kappa shape index (κ3) is 8.01. The van der Waals surface area contributed by atoms with E-state index in [-0.39, 0.29) is 18.1 Å². The van der Waals surface area contributed by atoms with Gasteiger partial charge in [0.15, 0.2) is 0 Å². The largest absolute Gasteiger partial charge is 0.493 e. The maximum Gasteiger partial charge on any atom is 0.347 e. The second-order valence-electron chi connectivity index (χ2n) is 13.5. The number of ether oxygens (including phenoxy) is 4. The molecule has 2 aromatic heterocycles. The average Bonchev–Trinajstić information content (AvgIpc) is 3.91. The molecule has 7 rings (SSSR count).